The van der Waals surface area contributed by atoms with Crippen molar-refractivity contribution in [3.8, 4) is 5.75 Å². The van der Waals surface area contributed by atoms with E-state index in [0.29, 0.717) is 24.4 Å². The lowest BCUT2D eigenvalue weighted by molar-refractivity contribution is -0.140. The molecule has 1 N–H and O–H groups in total. The average Bonchev–Trinajstić information content (AvgIpc) is 2.59. The summed E-state index contributed by atoms with van der Waals surface area (Å²) in [7, 11) is 0. The summed E-state index contributed by atoms with van der Waals surface area (Å²) in [6.45, 7) is 2.58. The van der Waals surface area contributed by atoms with Gasteiger partial charge in [0.05, 0.1) is 19.3 Å². The molecule has 1 fully saturated rings. The molecule has 1 unspecified atom stereocenters. The molecule has 0 saturated carbocycles. The maximum Gasteiger partial charge on any atom is 0.254 e. The maximum atomic E-state index is 13.6. The highest BCUT2D eigenvalue weighted by Gasteiger charge is 2.29. The van der Waals surface area contributed by atoms with E-state index in [1.54, 1.807) is 6.92 Å². The number of benzene rings is 1. The molecule has 1 aliphatic rings. The van der Waals surface area contributed by atoms with Crippen LogP contribution in [0.1, 0.15) is 23.7 Å². The zero-order chi connectivity index (χ0) is 19.6. The number of halogens is 2. The molecule has 1 aromatic carbocycles. The molecule has 0 spiro atoms. The van der Waals surface area contributed by atoms with E-state index in [-0.39, 0.29) is 31.2 Å². The van der Waals surface area contributed by atoms with Crippen molar-refractivity contribution in [1.82, 2.24) is 9.47 Å². The Bertz CT molecular complexity index is 893. The molecule has 0 bridgehead atoms. The maximum absolute atomic E-state index is 13.6. The van der Waals surface area contributed by atoms with Gasteiger partial charge in [0, 0.05) is 37.3 Å². The fraction of sp³-hybridized carbons (Fsp3) is 0.368. The Kier molecular flexibility index (Phi) is 5.55. The molecule has 1 amide bonds. The lowest BCUT2D eigenvalue weighted by Gasteiger charge is -2.36. The number of morpholine rings is 1. The van der Waals surface area contributed by atoms with E-state index in [4.69, 9.17) is 4.74 Å². The van der Waals surface area contributed by atoms with Crippen molar-refractivity contribution in [3.63, 3.8) is 0 Å². The number of nitrogens with zero attached hydrogens (tertiary/aromatic N) is 2. The van der Waals surface area contributed by atoms with Crippen molar-refractivity contribution in [2.45, 2.75) is 25.9 Å². The van der Waals surface area contributed by atoms with Crippen molar-refractivity contribution in [1.29, 1.82) is 0 Å². The van der Waals surface area contributed by atoms with Crippen LogP contribution in [0, 0.1) is 18.6 Å². The molecule has 2 heterocycles. The predicted octanol–water partition coefficient (Wildman–Crippen LogP) is 2.13. The van der Waals surface area contributed by atoms with Crippen molar-refractivity contribution >= 4 is 5.91 Å². The minimum Gasteiger partial charge on any atom is -0.508 e. The first-order valence-corrected chi connectivity index (χ1v) is 8.59. The molecule has 27 heavy (non-hydrogen) atoms. The van der Waals surface area contributed by atoms with Gasteiger partial charge in [-0.05, 0) is 30.7 Å². The first kappa shape index (κ1) is 19.0. The van der Waals surface area contributed by atoms with Gasteiger partial charge < -0.3 is 19.3 Å². The van der Waals surface area contributed by atoms with E-state index in [2.05, 4.69) is 0 Å². The van der Waals surface area contributed by atoms with Crippen molar-refractivity contribution in [3.05, 3.63) is 63.6 Å². The number of carbonyl (C=O) groups excluding carboxylic acids is 1. The molecule has 0 aliphatic carbocycles. The van der Waals surface area contributed by atoms with Crippen LogP contribution in [0.25, 0.3) is 0 Å². The lowest BCUT2D eigenvalue weighted by Crippen LogP contribution is -2.44. The number of carbonyl (C=O) groups is 1. The second kappa shape index (κ2) is 7.87. The Morgan fingerprint density at radius 3 is 2.59 bits per heavy atom. The molecular formula is C19H20F2N2O4. The van der Waals surface area contributed by atoms with Gasteiger partial charge in [-0.15, -0.1) is 0 Å². The molecule has 0 radical (unpaired) electrons. The van der Waals surface area contributed by atoms with E-state index in [1.807, 2.05) is 0 Å². The third kappa shape index (κ3) is 4.33. The Hall–Kier alpha value is -2.74. The second-order valence-electron chi connectivity index (χ2n) is 6.48. The van der Waals surface area contributed by atoms with Crippen LogP contribution >= 0.6 is 0 Å². The quantitative estimate of drug-likeness (QED) is 0.885. The summed E-state index contributed by atoms with van der Waals surface area (Å²) >= 11 is 0. The number of pyridine rings is 1. The first-order chi connectivity index (χ1) is 12.8. The molecule has 144 valence electrons. The number of hydrogen-bond donors (Lipinski definition) is 1. The molecule has 8 heteroatoms. The smallest absolute Gasteiger partial charge is 0.254 e. The standard InChI is InChI=1S/C19H20F2N2O4/c1-12-6-16(24)10-19(26)22(12)3-2-18(25)23-4-5-27-11-17(23)13-7-14(20)9-15(21)8-13/h6-10,17,24H,2-5,11H2,1H3. The van der Waals surface area contributed by atoms with Gasteiger partial charge in [0.2, 0.25) is 5.91 Å². The molecule has 6 nitrogen and oxygen atoms in total. The molecular weight excluding hydrogens is 358 g/mol. The molecule has 1 saturated heterocycles. The Morgan fingerprint density at radius 1 is 1.22 bits per heavy atom. The summed E-state index contributed by atoms with van der Waals surface area (Å²) in [5.41, 5.74) is 0.475. The van der Waals surface area contributed by atoms with Crippen molar-refractivity contribution in [2.24, 2.45) is 0 Å². The van der Waals surface area contributed by atoms with E-state index in [0.717, 1.165) is 12.1 Å². The number of hydrogen-bond acceptors (Lipinski definition) is 4. The normalized spacial score (nSPS) is 17.1. The van der Waals surface area contributed by atoms with Gasteiger partial charge in [-0.2, -0.15) is 0 Å². The number of rotatable bonds is 4. The number of aromatic hydroxyl groups is 1. The summed E-state index contributed by atoms with van der Waals surface area (Å²) in [4.78, 5) is 26.2. The summed E-state index contributed by atoms with van der Waals surface area (Å²) in [5.74, 6) is -1.79. The highest BCUT2D eigenvalue weighted by molar-refractivity contribution is 5.76. The third-order valence-corrected chi connectivity index (χ3v) is 4.59. The molecule has 3 rings (SSSR count). The highest BCUT2D eigenvalue weighted by atomic mass is 19.1. The van der Waals surface area contributed by atoms with E-state index >= 15 is 0 Å². The minimum atomic E-state index is -0.714. The van der Waals surface area contributed by atoms with E-state index in [9.17, 15) is 23.5 Å². The van der Waals surface area contributed by atoms with Gasteiger partial charge in [-0.25, -0.2) is 8.78 Å². The first-order valence-electron chi connectivity index (χ1n) is 8.59. The van der Waals surface area contributed by atoms with Crippen molar-refractivity contribution < 1.29 is 23.4 Å². The zero-order valence-corrected chi connectivity index (χ0v) is 14.8. The fourth-order valence-corrected chi connectivity index (χ4v) is 3.30. The summed E-state index contributed by atoms with van der Waals surface area (Å²) in [6, 6.07) is 5.10. The average molecular weight is 378 g/mol. The van der Waals surface area contributed by atoms with Gasteiger partial charge >= 0.3 is 0 Å². The van der Waals surface area contributed by atoms with Crippen molar-refractivity contribution in [2.75, 3.05) is 19.8 Å². The number of amides is 1. The topological polar surface area (TPSA) is 71.8 Å². The molecule has 1 aliphatic heterocycles. The number of aryl methyl sites for hydroxylation is 1. The van der Waals surface area contributed by atoms with E-state index in [1.165, 1.54) is 27.7 Å². The number of ether oxygens (including phenoxy) is 1. The van der Waals surface area contributed by atoms with Crippen LogP contribution in [0.3, 0.4) is 0 Å². The highest BCUT2D eigenvalue weighted by Crippen LogP contribution is 2.26. The summed E-state index contributed by atoms with van der Waals surface area (Å²) < 4.78 is 33.9. The van der Waals surface area contributed by atoms with Gasteiger partial charge in [0.1, 0.15) is 17.4 Å². The Morgan fingerprint density at radius 2 is 1.93 bits per heavy atom. The van der Waals surface area contributed by atoms with Crippen LogP contribution < -0.4 is 5.56 Å². The van der Waals surface area contributed by atoms with Crippen LogP contribution in [0.2, 0.25) is 0 Å². The van der Waals surface area contributed by atoms with Crippen LogP contribution in [0.15, 0.2) is 35.1 Å². The van der Waals surface area contributed by atoms with Gasteiger partial charge in [-0.1, -0.05) is 0 Å². The molecule has 1 atom stereocenters. The Balaban J connectivity index is 1.77. The third-order valence-electron chi connectivity index (χ3n) is 4.59. The molecule has 2 aromatic rings. The Labute approximate surface area is 154 Å². The van der Waals surface area contributed by atoms with Crippen LogP contribution in [-0.2, 0) is 16.1 Å². The number of aromatic nitrogens is 1. The predicted molar refractivity (Wildman–Crippen MR) is 93.4 cm³/mol. The second-order valence-corrected chi connectivity index (χ2v) is 6.48. The van der Waals surface area contributed by atoms with E-state index < -0.39 is 23.2 Å². The van der Waals surface area contributed by atoms with Gasteiger partial charge in [0.15, 0.2) is 0 Å². The fourth-order valence-electron chi connectivity index (χ4n) is 3.30. The van der Waals surface area contributed by atoms with Gasteiger partial charge in [0.25, 0.3) is 5.56 Å². The SMILES string of the molecule is Cc1cc(O)cc(=O)n1CCC(=O)N1CCOCC1c1cc(F)cc(F)c1. The largest absolute Gasteiger partial charge is 0.508 e. The van der Waals surface area contributed by atoms with Crippen LogP contribution in [0.4, 0.5) is 8.78 Å². The van der Waals surface area contributed by atoms with Crippen LogP contribution in [0.5, 0.6) is 5.75 Å². The zero-order valence-electron chi connectivity index (χ0n) is 14.8. The molecule has 1 aromatic heterocycles. The van der Waals surface area contributed by atoms with Crippen LogP contribution in [-0.4, -0.2) is 40.2 Å². The monoisotopic (exact) mass is 378 g/mol. The minimum absolute atomic E-state index is 0.0415. The lowest BCUT2D eigenvalue weighted by atomic mass is 10.0. The summed E-state index contributed by atoms with van der Waals surface area (Å²) in [5, 5.41) is 9.44. The summed E-state index contributed by atoms with van der Waals surface area (Å²) in [6.07, 6.45) is 0.0415. The van der Waals surface area contributed by atoms with Gasteiger partial charge in [-0.3, -0.25) is 9.59 Å².